The summed E-state index contributed by atoms with van der Waals surface area (Å²) >= 11 is 8.75. The highest BCUT2D eigenvalue weighted by molar-refractivity contribution is 7.80. The maximum absolute atomic E-state index is 13.8. The van der Waals surface area contributed by atoms with Crippen molar-refractivity contribution in [2.24, 2.45) is 0 Å². The Kier molecular flexibility index (Phi) is 6.69. The molecule has 0 unspecified atom stereocenters. The topological polar surface area (TPSA) is 58.0 Å². The van der Waals surface area contributed by atoms with Gasteiger partial charge in [0, 0.05) is 21.4 Å². The Morgan fingerprint density at radius 2 is 1.47 bits per heavy atom. The van der Waals surface area contributed by atoms with Crippen molar-refractivity contribution in [1.29, 1.82) is 0 Å². The Morgan fingerprint density at radius 1 is 0.875 bits per heavy atom. The van der Waals surface area contributed by atoms with Gasteiger partial charge in [0.05, 0.1) is 17.4 Å². The van der Waals surface area contributed by atoms with E-state index in [-0.39, 0.29) is 23.7 Å². The standard InChI is InChI=1S/C23H22F3N3OS2/c24-23(25,26)22-28-20(14-4-2-6-18(32)12-14)19(13-3-1-5-17(31)11-13)21(29-22)27-15-7-9-16(30)10-8-15/h1-6,11-12,15-16,30-32H,7-10H2,(H,27,28,29). The third-order valence-electron chi connectivity index (χ3n) is 5.45. The molecule has 2 aromatic carbocycles. The van der Waals surface area contributed by atoms with Crippen LogP contribution in [-0.2, 0) is 6.18 Å². The lowest BCUT2D eigenvalue weighted by Crippen LogP contribution is -2.29. The molecule has 1 saturated carbocycles. The van der Waals surface area contributed by atoms with Crippen molar-refractivity contribution in [1.82, 2.24) is 9.97 Å². The van der Waals surface area contributed by atoms with Gasteiger partial charge in [0.15, 0.2) is 0 Å². The number of halogens is 3. The van der Waals surface area contributed by atoms with E-state index in [2.05, 4.69) is 40.5 Å². The molecule has 0 atom stereocenters. The number of nitrogens with one attached hydrogen (secondary N) is 1. The number of thiol groups is 2. The third-order valence-corrected chi connectivity index (χ3v) is 6.01. The van der Waals surface area contributed by atoms with Crippen LogP contribution in [0.25, 0.3) is 22.4 Å². The van der Waals surface area contributed by atoms with E-state index < -0.39 is 12.0 Å². The molecule has 1 aromatic heterocycles. The Bertz CT molecular complexity index is 1120. The molecule has 4 nitrogen and oxygen atoms in total. The SMILES string of the molecule is OC1CCC(Nc2nc(C(F)(F)F)nc(-c3cccc(S)c3)c2-c2cccc(S)c2)CC1. The van der Waals surface area contributed by atoms with E-state index in [1.54, 1.807) is 48.5 Å². The molecule has 0 aliphatic heterocycles. The number of aromatic nitrogens is 2. The van der Waals surface area contributed by atoms with Gasteiger partial charge in [-0.3, -0.25) is 0 Å². The minimum absolute atomic E-state index is 0.101. The van der Waals surface area contributed by atoms with E-state index in [0.29, 0.717) is 52.2 Å². The van der Waals surface area contributed by atoms with Crippen LogP contribution in [0.4, 0.5) is 19.0 Å². The zero-order valence-corrected chi connectivity index (χ0v) is 18.8. The fourth-order valence-electron chi connectivity index (χ4n) is 3.90. The van der Waals surface area contributed by atoms with Crippen molar-refractivity contribution in [3.8, 4) is 22.4 Å². The van der Waals surface area contributed by atoms with Gasteiger partial charge < -0.3 is 10.4 Å². The van der Waals surface area contributed by atoms with Gasteiger partial charge in [0.2, 0.25) is 5.82 Å². The zero-order chi connectivity index (χ0) is 22.9. The number of nitrogens with zero attached hydrogens (tertiary/aromatic N) is 2. The lowest BCUT2D eigenvalue weighted by molar-refractivity contribution is -0.144. The highest BCUT2D eigenvalue weighted by Gasteiger charge is 2.37. The van der Waals surface area contributed by atoms with E-state index in [4.69, 9.17) is 0 Å². The highest BCUT2D eigenvalue weighted by atomic mass is 32.1. The van der Waals surface area contributed by atoms with E-state index in [1.165, 1.54) is 0 Å². The minimum atomic E-state index is -4.71. The average molecular weight is 478 g/mol. The number of hydrogen-bond donors (Lipinski definition) is 4. The average Bonchev–Trinajstić information content (AvgIpc) is 2.74. The summed E-state index contributed by atoms with van der Waals surface area (Å²) in [6.07, 6.45) is -2.63. The summed E-state index contributed by atoms with van der Waals surface area (Å²) in [5.74, 6) is -1.09. The summed E-state index contributed by atoms with van der Waals surface area (Å²) in [5.41, 5.74) is 1.80. The van der Waals surface area contributed by atoms with Gasteiger partial charge in [-0.15, -0.1) is 25.3 Å². The van der Waals surface area contributed by atoms with Crippen LogP contribution in [0, 0.1) is 0 Å². The largest absolute Gasteiger partial charge is 0.451 e. The Morgan fingerprint density at radius 3 is 2.06 bits per heavy atom. The highest BCUT2D eigenvalue weighted by Crippen LogP contribution is 2.40. The van der Waals surface area contributed by atoms with Crippen LogP contribution in [0.2, 0.25) is 0 Å². The number of rotatable bonds is 4. The Hall–Kier alpha value is -2.23. The summed E-state index contributed by atoms with van der Waals surface area (Å²) < 4.78 is 41.3. The van der Waals surface area contributed by atoms with E-state index in [1.807, 2.05) is 0 Å². The maximum atomic E-state index is 13.8. The molecule has 1 aliphatic carbocycles. The summed E-state index contributed by atoms with van der Waals surface area (Å²) in [4.78, 5) is 9.15. The van der Waals surface area contributed by atoms with Crippen molar-refractivity contribution >= 4 is 31.1 Å². The number of aliphatic hydroxyl groups is 1. The van der Waals surface area contributed by atoms with Crippen molar-refractivity contribution < 1.29 is 18.3 Å². The lowest BCUT2D eigenvalue weighted by atomic mass is 9.92. The molecule has 1 fully saturated rings. The lowest BCUT2D eigenvalue weighted by Gasteiger charge is -2.28. The molecule has 1 heterocycles. The maximum Gasteiger partial charge on any atom is 0.451 e. The van der Waals surface area contributed by atoms with Gasteiger partial charge in [0.1, 0.15) is 5.82 Å². The molecule has 2 N–H and O–H groups in total. The van der Waals surface area contributed by atoms with Gasteiger partial charge in [-0.25, -0.2) is 9.97 Å². The van der Waals surface area contributed by atoms with Crippen molar-refractivity contribution in [3.05, 3.63) is 54.4 Å². The zero-order valence-electron chi connectivity index (χ0n) is 17.0. The monoisotopic (exact) mass is 477 g/mol. The second kappa shape index (κ2) is 9.33. The van der Waals surface area contributed by atoms with Crippen LogP contribution in [0.3, 0.4) is 0 Å². The molecule has 0 saturated heterocycles. The number of aliphatic hydroxyl groups excluding tert-OH is 1. The fraction of sp³-hybridized carbons (Fsp3) is 0.304. The molecule has 168 valence electrons. The molecule has 4 rings (SSSR count). The first-order chi connectivity index (χ1) is 15.2. The Balaban J connectivity index is 1.93. The molecule has 3 aromatic rings. The number of alkyl halides is 3. The normalized spacial score (nSPS) is 19.1. The molecule has 0 bridgehead atoms. The second-order valence-electron chi connectivity index (χ2n) is 7.87. The first-order valence-electron chi connectivity index (χ1n) is 10.2. The predicted octanol–water partition coefficient (Wildman–Crippen LogP) is 6.12. The van der Waals surface area contributed by atoms with E-state index in [0.717, 1.165) is 0 Å². The number of hydrogen-bond acceptors (Lipinski definition) is 6. The summed E-state index contributed by atoms with van der Waals surface area (Å²) in [7, 11) is 0. The van der Waals surface area contributed by atoms with Gasteiger partial charge in [-0.05, 0) is 55.5 Å². The van der Waals surface area contributed by atoms with Crippen LogP contribution < -0.4 is 5.32 Å². The minimum Gasteiger partial charge on any atom is -0.393 e. The van der Waals surface area contributed by atoms with E-state index in [9.17, 15) is 18.3 Å². The van der Waals surface area contributed by atoms with Crippen LogP contribution >= 0.6 is 25.3 Å². The van der Waals surface area contributed by atoms with Crippen molar-refractivity contribution in [3.63, 3.8) is 0 Å². The molecule has 0 amide bonds. The summed E-state index contributed by atoms with van der Waals surface area (Å²) in [6, 6.07) is 13.9. The quantitative estimate of drug-likeness (QED) is 0.342. The van der Waals surface area contributed by atoms with Gasteiger partial charge in [0.25, 0.3) is 0 Å². The van der Waals surface area contributed by atoms with Gasteiger partial charge >= 0.3 is 6.18 Å². The van der Waals surface area contributed by atoms with Crippen molar-refractivity contribution in [2.45, 2.75) is 53.8 Å². The number of anilines is 1. The molecule has 0 radical (unpaired) electrons. The Labute approximate surface area is 195 Å². The van der Waals surface area contributed by atoms with Crippen LogP contribution in [-0.4, -0.2) is 27.2 Å². The van der Waals surface area contributed by atoms with Crippen LogP contribution in [0.15, 0.2) is 58.3 Å². The smallest absolute Gasteiger partial charge is 0.393 e. The first kappa shape index (κ1) is 22.9. The second-order valence-corrected chi connectivity index (χ2v) is 8.90. The number of benzene rings is 2. The summed E-state index contributed by atoms with van der Waals surface area (Å²) in [5, 5.41) is 13.0. The molecule has 1 aliphatic rings. The molecule has 9 heteroatoms. The molecular formula is C23H22F3N3OS2. The first-order valence-corrected chi connectivity index (χ1v) is 11.1. The molecule has 0 spiro atoms. The van der Waals surface area contributed by atoms with E-state index >= 15 is 0 Å². The predicted molar refractivity (Wildman–Crippen MR) is 124 cm³/mol. The van der Waals surface area contributed by atoms with Gasteiger partial charge in [-0.2, -0.15) is 13.2 Å². The summed E-state index contributed by atoms with van der Waals surface area (Å²) in [6.45, 7) is 0. The van der Waals surface area contributed by atoms with Gasteiger partial charge in [-0.1, -0.05) is 24.3 Å². The molecule has 32 heavy (non-hydrogen) atoms. The third kappa shape index (κ3) is 5.22. The van der Waals surface area contributed by atoms with Crippen LogP contribution in [0.1, 0.15) is 31.5 Å². The fourth-order valence-corrected chi connectivity index (χ4v) is 4.35. The van der Waals surface area contributed by atoms with Crippen molar-refractivity contribution in [2.75, 3.05) is 5.32 Å². The molecular weight excluding hydrogens is 455 g/mol. The van der Waals surface area contributed by atoms with Crippen LogP contribution in [0.5, 0.6) is 0 Å².